The van der Waals surface area contributed by atoms with Crippen molar-refractivity contribution >= 4 is 5.97 Å². The molecule has 0 radical (unpaired) electrons. The highest BCUT2D eigenvalue weighted by molar-refractivity contribution is 5.75. The summed E-state index contributed by atoms with van der Waals surface area (Å²) < 4.78 is 15.9. The Balaban J connectivity index is 1.78. The van der Waals surface area contributed by atoms with E-state index in [0.29, 0.717) is 13.1 Å². The summed E-state index contributed by atoms with van der Waals surface area (Å²) in [5.41, 5.74) is 2.74. The minimum atomic E-state index is -2.05. The van der Waals surface area contributed by atoms with Gasteiger partial charge >= 0.3 is 5.97 Å². The molecule has 3 rings (SSSR count). The van der Waals surface area contributed by atoms with Crippen LogP contribution in [-0.4, -0.2) is 28.3 Å². The zero-order valence-electron chi connectivity index (χ0n) is 17.1. The van der Waals surface area contributed by atoms with E-state index in [2.05, 4.69) is 11.8 Å². The third kappa shape index (κ3) is 5.25. The molecule has 2 aromatic rings. The lowest BCUT2D eigenvalue weighted by molar-refractivity contribution is -0.150. The number of nitrogens with zero attached hydrogens (tertiary/aromatic N) is 1. The molecule has 0 aromatic heterocycles. The molecule has 154 valence electrons. The van der Waals surface area contributed by atoms with Gasteiger partial charge in [0.05, 0.1) is 0 Å². The molecule has 0 bridgehead atoms. The van der Waals surface area contributed by atoms with Crippen LogP contribution in [0.4, 0.5) is 4.39 Å². The summed E-state index contributed by atoms with van der Waals surface area (Å²) in [5.74, 6) is 1.81. The fraction of sp³-hybridized carbons (Fsp3) is 0.269. The van der Waals surface area contributed by atoms with Gasteiger partial charge in [-0.3, -0.25) is 9.69 Å². The number of unbranched alkanes of at least 4 members (excludes halogenated alkanes) is 1. The van der Waals surface area contributed by atoms with Crippen molar-refractivity contribution in [2.75, 3.05) is 6.54 Å². The van der Waals surface area contributed by atoms with Gasteiger partial charge in [0.15, 0.2) is 5.79 Å². The van der Waals surface area contributed by atoms with Gasteiger partial charge in [-0.25, -0.2) is 4.39 Å². The molecule has 2 atom stereocenters. The first-order valence-electron chi connectivity index (χ1n) is 10.2. The van der Waals surface area contributed by atoms with Crippen molar-refractivity contribution in [1.29, 1.82) is 0 Å². The van der Waals surface area contributed by atoms with Gasteiger partial charge in [-0.15, -0.1) is 0 Å². The predicted molar refractivity (Wildman–Crippen MR) is 117 cm³/mol. The molecule has 1 aliphatic rings. The number of aliphatic carboxylic acids is 1. The lowest BCUT2D eigenvalue weighted by atomic mass is 9.90. The number of carbonyl (C=O) groups is 1. The highest BCUT2D eigenvalue weighted by atomic mass is 19.1. The second-order valence-electron chi connectivity index (χ2n) is 7.38. The predicted octanol–water partition coefficient (Wildman–Crippen LogP) is 5.18. The van der Waals surface area contributed by atoms with Gasteiger partial charge in [0.2, 0.25) is 0 Å². The van der Waals surface area contributed by atoms with Gasteiger partial charge in [0.25, 0.3) is 0 Å². The molecule has 4 heteroatoms. The number of rotatable bonds is 7. The monoisotopic (exact) mass is 403 g/mol. The number of hydrogen-bond acceptors (Lipinski definition) is 2. The van der Waals surface area contributed by atoms with E-state index < -0.39 is 17.7 Å². The number of alkyl halides is 1. The van der Waals surface area contributed by atoms with Crippen LogP contribution in [0, 0.1) is 17.8 Å². The highest BCUT2D eigenvalue weighted by Crippen LogP contribution is 2.34. The fourth-order valence-electron chi connectivity index (χ4n) is 3.46. The Labute approximate surface area is 177 Å². The third-order valence-electron chi connectivity index (χ3n) is 5.17. The van der Waals surface area contributed by atoms with E-state index in [4.69, 9.17) is 0 Å². The van der Waals surface area contributed by atoms with Crippen LogP contribution in [0.5, 0.6) is 0 Å². The smallest absolute Gasteiger partial charge is 0.315 e. The van der Waals surface area contributed by atoms with Gasteiger partial charge in [-0.2, -0.15) is 0 Å². The van der Waals surface area contributed by atoms with Crippen molar-refractivity contribution in [3.05, 3.63) is 95.6 Å². The summed E-state index contributed by atoms with van der Waals surface area (Å²) in [7, 11) is 0. The van der Waals surface area contributed by atoms with Gasteiger partial charge in [-0.1, -0.05) is 73.7 Å². The largest absolute Gasteiger partial charge is 0.481 e. The van der Waals surface area contributed by atoms with Crippen LogP contribution >= 0.6 is 0 Å². The van der Waals surface area contributed by atoms with Crippen molar-refractivity contribution in [1.82, 2.24) is 4.90 Å². The number of benzene rings is 2. The highest BCUT2D eigenvalue weighted by Gasteiger charge is 2.46. The Morgan fingerprint density at radius 1 is 1.07 bits per heavy atom. The molecule has 1 N–H and O–H groups in total. The molecule has 0 heterocycles. The lowest BCUT2D eigenvalue weighted by Gasteiger charge is -2.39. The first-order chi connectivity index (χ1) is 14.5. The van der Waals surface area contributed by atoms with Gasteiger partial charge < -0.3 is 5.11 Å². The quantitative estimate of drug-likeness (QED) is 0.511. The zero-order valence-corrected chi connectivity index (χ0v) is 17.1. The molecule has 0 fully saturated rings. The van der Waals surface area contributed by atoms with Crippen LogP contribution in [0.25, 0.3) is 0 Å². The second kappa shape index (κ2) is 10.0. The van der Waals surface area contributed by atoms with Crippen LogP contribution in [0.2, 0.25) is 0 Å². The van der Waals surface area contributed by atoms with Crippen molar-refractivity contribution in [2.45, 2.75) is 32.1 Å². The van der Waals surface area contributed by atoms with Crippen LogP contribution in [0.1, 0.15) is 36.5 Å². The van der Waals surface area contributed by atoms with E-state index in [9.17, 15) is 9.90 Å². The van der Waals surface area contributed by atoms with E-state index in [1.165, 1.54) is 12.2 Å². The molecule has 30 heavy (non-hydrogen) atoms. The van der Waals surface area contributed by atoms with Crippen LogP contribution in [-0.2, 0) is 11.3 Å². The molecule has 2 aromatic carbocycles. The molecule has 0 amide bonds. The minimum Gasteiger partial charge on any atom is -0.481 e. The molecule has 1 aliphatic carbocycles. The maximum atomic E-state index is 15.9. The van der Waals surface area contributed by atoms with E-state index in [1.54, 1.807) is 17.1 Å². The number of halogens is 1. The summed E-state index contributed by atoms with van der Waals surface area (Å²) >= 11 is 0. The van der Waals surface area contributed by atoms with Gasteiger partial charge in [0, 0.05) is 24.2 Å². The number of allylic oxidation sites excluding steroid dienone is 2. The van der Waals surface area contributed by atoms with E-state index >= 15 is 4.39 Å². The molecule has 0 spiro atoms. The summed E-state index contributed by atoms with van der Waals surface area (Å²) in [6, 6.07) is 17.4. The number of carboxylic acids is 1. The van der Waals surface area contributed by atoms with Crippen LogP contribution in [0.15, 0.2) is 78.9 Å². The summed E-state index contributed by atoms with van der Waals surface area (Å²) in [4.78, 5) is 13.3. The standard InChI is InChI=1S/C26H26FNO2/c1-2-3-19-28(26(27)18-8-7-11-24(26)25(29)30)20-23-16-14-22(15-17-23)13-12-21-9-5-4-6-10-21/h4-11,14-18,24H,2-3,19-20H2,1H3,(H,29,30). The zero-order chi connectivity index (χ0) is 21.4. The molecule has 3 nitrogen and oxygen atoms in total. The van der Waals surface area contributed by atoms with Crippen molar-refractivity contribution in [2.24, 2.45) is 5.92 Å². The summed E-state index contributed by atoms with van der Waals surface area (Å²) in [6.07, 6.45) is 7.65. The number of hydrogen-bond donors (Lipinski definition) is 1. The molecule has 0 saturated carbocycles. The molecule has 0 aliphatic heterocycles. The van der Waals surface area contributed by atoms with Crippen molar-refractivity contribution in [3.8, 4) is 11.8 Å². The van der Waals surface area contributed by atoms with E-state index in [-0.39, 0.29) is 0 Å². The number of carboxylic acid groups (broad SMARTS) is 1. The molecule has 0 saturated heterocycles. The topological polar surface area (TPSA) is 40.5 Å². The Hall–Kier alpha value is -3.16. The average molecular weight is 403 g/mol. The fourth-order valence-corrected chi connectivity index (χ4v) is 3.46. The summed E-state index contributed by atoms with van der Waals surface area (Å²) in [5, 5.41) is 9.54. The normalized spacial score (nSPS) is 20.0. The first kappa shape index (κ1) is 21.5. The molecular formula is C26H26FNO2. The summed E-state index contributed by atoms with van der Waals surface area (Å²) in [6.45, 7) is 2.84. The Bertz CT molecular complexity index is 970. The Morgan fingerprint density at radius 3 is 2.37 bits per heavy atom. The Kier molecular flexibility index (Phi) is 7.21. The van der Waals surface area contributed by atoms with Gasteiger partial charge in [-0.05, 0) is 42.3 Å². The molecule has 2 unspecified atom stereocenters. The third-order valence-corrected chi connectivity index (χ3v) is 5.17. The first-order valence-corrected chi connectivity index (χ1v) is 10.2. The lowest BCUT2D eigenvalue weighted by Crippen LogP contribution is -2.51. The minimum absolute atomic E-state index is 0.324. The SMILES string of the molecule is CCCCN(Cc1ccc(C#Cc2ccccc2)cc1)C1(F)C=CC=CC1C(=O)O. The Morgan fingerprint density at radius 2 is 1.73 bits per heavy atom. The van der Waals surface area contributed by atoms with Crippen LogP contribution in [0.3, 0.4) is 0 Å². The van der Waals surface area contributed by atoms with Crippen LogP contribution < -0.4 is 0 Å². The second-order valence-corrected chi connectivity index (χ2v) is 7.38. The molecular weight excluding hydrogens is 377 g/mol. The maximum Gasteiger partial charge on any atom is 0.315 e. The maximum absolute atomic E-state index is 15.9. The van der Waals surface area contributed by atoms with E-state index in [0.717, 1.165) is 29.5 Å². The van der Waals surface area contributed by atoms with Gasteiger partial charge in [0.1, 0.15) is 5.92 Å². The van der Waals surface area contributed by atoms with Crippen molar-refractivity contribution in [3.63, 3.8) is 0 Å². The van der Waals surface area contributed by atoms with E-state index in [1.807, 2.05) is 61.5 Å². The average Bonchev–Trinajstić information content (AvgIpc) is 2.76. The van der Waals surface area contributed by atoms with Crippen molar-refractivity contribution < 1.29 is 14.3 Å².